The lowest BCUT2D eigenvalue weighted by Crippen LogP contribution is -2.53. The highest BCUT2D eigenvalue weighted by Crippen LogP contribution is 2.09. The lowest BCUT2D eigenvalue weighted by molar-refractivity contribution is -0.130. The number of aromatic nitrogens is 1. The summed E-state index contributed by atoms with van der Waals surface area (Å²) in [6.07, 6.45) is 3.50. The molecular weight excluding hydrogens is 446 g/mol. The number of pyridine rings is 1. The molecule has 0 saturated heterocycles. The Morgan fingerprint density at radius 3 is 2.06 bits per heavy atom. The molecule has 0 aliphatic heterocycles. The first-order valence-electron chi connectivity index (χ1n) is 11.4. The highest BCUT2D eigenvalue weighted by Gasteiger charge is 2.27. The van der Waals surface area contributed by atoms with Crippen LogP contribution in [0.3, 0.4) is 0 Å². The summed E-state index contributed by atoms with van der Waals surface area (Å²) < 4.78 is 5.26. The molecule has 3 rings (SSSR count). The Morgan fingerprint density at radius 2 is 1.43 bits per heavy atom. The predicted octanol–water partition coefficient (Wildman–Crippen LogP) is 2.60. The second-order valence-corrected chi connectivity index (χ2v) is 8.03. The number of nitrogens with zero attached hydrogens (tertiary/aromatic N) is 1. The third kappa shape index (κ3) is 8.68. The van der Waals surface area contributed by atoms with E-state index in [9.17, 15) is 19.5 Å². The van der Waals surface area contributed by atoms with E-state index in [1.54, 1.807) is 24.5 Å². The number of aliphatic hydroxyl groups excluding tert-OH is 1. The molecule has 2 amide bonds. The van der Waals surface area contributed by atoms with Gasteiger partial charge in [-0.25, -0.2) is 4.79 Å². The maximum atomic E-state index is 13.2. The molecule has 3 aromatic rings. The lowest BCUT2D eigenvalue weighted by Gasteiger charge is -2.22. The maximum Gasteiger partial charge on any atom is 0.408 e. The molecule has 35 heavy (non-hydrogen) atoms. The van der Waals surface area contributed by atoms with Crippen LogP contribution in [-0.4, -0.2) is 46.6 Å². The van der Waals surface area contributed by atoms with E-state index in [2.05, 4.69) is 15.6 Å². The topological polar surface area (TPSA) is 118 Å². The first kappa shape index (κ1) is 25.6. The maximum absolute atomic E-state index is 13.2. The minimum absolute atomic E-state index is 0.0245. The number of rotatable bonds is 12. The third-order valence-electron chi connectivity index (χ3n) is 5.44. The molecule has 8 heteroatoms. The normalized spacial score (nSPS) is 12.3. The molecule has 0 saturated carbocycles. The molecule has 1 aromatic heterocycles. The fourth-order valence-corrected chi connectivity index (χ4v) is 3.52. The van der Waals surface area contributed by atoms with Crippen molar-refractivity contribution < 1.29 is 24.2 Å². The van der Waals surface area contributed by atoms with Crippen LogP contribution in [0.15, 0.2) is 85.2 Å². The Kier molecular flexibility index (Phi) is 9.95. The van der Waals surface area contributed by atoms with Gasteiger partial charge in [-0.1, -0.05) is 60.7 Å². The zero-order valence-corrected chi connectivity index (χ0v) is 19.3. The highest BCUT2D eigenvalue weighted by atomic mass is 16.5. The molecule has 0 radical (unpaired) electrons. The molecule has 2 unspecified atom stereocenters. The van der Waals surface area contributed by atoms with Crippen molar-refractivity contribution in [1.82, 2.24) is 15.6 Å². The third-order valence-corrected chi connectivity index (χ3v) is 5.44. The standard InChI is InChI=1S/C27H29N3O5/c31-18-25(32)23(12-11-20-7-3-1-4-8-20)29-26(33)24(17-21-9-5-2-6-10-21)30-27(34)35-19-22-13-15-28-16-14-22/h1-10,13-16,23-24,31H,11-12,17-19H2,(H,29,33)(H,30,34). The Labute approximate surface area is 204 Å². The number of Topliss-reactive ketones (excluding diaryl/α,β-unsaturated/α-hetero) is 1. The van der Waals surface area contributed by atoms with E-state index in [-0.39, 0.29) is 13.0 Å². The largest absolute Gasteiger partial charge is 0.445 e. The summed E-state index contributed by atoms with van der Waals surface area (Å²) in [6, 6.07) is 20.3. The van der Waals surface area contributed by atoms with E-state index >= 15 is 0 Å². The molecule has 0 bridgehead atoms. The number of alkyl carbamates (subject to hydrolysis) is 1. The predicted molar refractivity (Wildman–Crippen MR) is 130 cm³/mol. The number of amides is 2. The number of ketones is 1. The van der Waals surface area contributed by atoms with Crippen molar-refractivity contribution in [3.05, 3.63) is 102 Å². The first-order valence-corrected chi connectivity index (χ1v) is 11.4. The number of aliphatic hydroxyl groups is 1. The van der Waals surface area contributed by atoms with Gasteiger partial charge in [-0.3, -0.25) is 14.6 Å². The Morgan fingerprint density at radius 1 is 0.800 bits per heavy atom. The number of aryl methyl sites for hydroxylation is 1. The molecule has 182 valence electrons. The lowest BCUT2D eigenvalue weighted by atomic mass is 10.0. The first-order chi connectivity index (χ1) is 17.0. The van der Waals surface area contributed by atoms with Gasteiger partial charge in [0.1, 0.15) is 19.3 Å². The SMILES string of the molecule is O=C(NC(Cc1ccccc1)C(=O)NC(CCc1ccccc1)C(=O)CO)OCc1ccncc1. The number of hydrogen-bond donors (Lipinski definition) is 3. The zero-order valence-electron chi connectivity index (χ0n) is 19.3. The van der Waals surface area contributed by atoms with Crippen LogP contribution in [0.1, 0.15) is 23.1 Å². The summed E-state index contributed by atoms with van der Waals surface area (Å²) in [7, 11) is 0. The molecular formula is C27H29N3O5. The minimum atomic E-state index is -0.979. The summed E-state index contributed by atoms with van der Waals surface area (Å²) in [5.74, 6) is -1.03. The van der Waals surface area contributed by atoms with Crippen LogP contribution in [0.2, 0.25) is 0 Å². The van der Waals surface area contributed by atoms with E-state index in [0.29, 0.717) is 12.8 Å². The van der Waals surface area contributed by atoms with Crippen LogP contribution in [0.25, 0.3) is 0 Å². The van der Waals surface area contributed by atoms with Crippen LogP contribution in [0, 0.1) is 0 Å². The molecule has 2 aromatic carbocycles. The Bertz CT molecular complexity index is 1080. The van der Waals surface area contributed by atoms with Gasteiger partial charge in [0.15, 0.2) is 5.78 Å². The van der Waals surface area contributed by atoms with E-state index in [4.69, 9.17) is 4.74 Å². The van der Waals surface area contributed by atoms with Gasteiger partial charge in [0.05, 0.1) is 6.04 Å². The van der Waals surface area contributed by atoms with Crippen molar-refractivity contribution in [2.75, 3.05) is 6.61 Å². The van der Waals surface area contributed by atoms with Gasteiger partial charge >= 0.3 is 6.09 Å². The van der Waals surface area contributed by atoms with E-state index in [0.717, 1.165) is 16.7 Å². The van der Waals surface area contributed by atoms with Crippen LogP contribution >= 0.6 is 0 Å². The zero-order chi connectivity index (χ0) is 24.9. The second kappa shape index (κ2) is 13.6. The molecule has 3 N–H and O–H groups in total. The van der Waals surface area contributed by atoms with Crippen molar-refractivity contribution in [2.24, 2.45) is 0 Å². The van der Waals surface area contributed by atoms with Crippen LogP contribution in [0.5, 0.6) is 0 Å². The minimum Gasteiger partial charge on any atom is -0.445 e. The number of ether oxygens (including phenoxy) is 1. The van der Waals surface area contributed by atoms with E-state index < -0.39 is 36.5 Å². The van der Waals surface area contributed by atoms with Crippen LogP contribution in [0.4, 0.5) is 4.79 Å². The monoisotopic (exact) mass is 475 g/mol. The van der Waals surface area contributed by atoms with Gasteiger partial charge < -0.3 is 20.5 Å². The van der Waals surface area contributed by atoms with Crippen molar-refractivity contribution in [2.45, 2.75) is 38.0 Å². The molecule has 2 atom stereocenters. The summed E-state index contributed by atoms with van der Waals surface area (Å²) in [5, 5.41) is 14.7. The molecule has 0 aliphatic rings. The number of hydrogen-bond acceptors (Lipinski definition) is 6. The van der Waals surface area contributed by atoms with Crippen molar-refractivity contribution in [3.8, 4) is 0 Å². The van der Waals surface area contributed by atoms with Crippen LogP contribution < -0.4 is 10.6 Å². The summed E-state index contributed by atoms with van der Waals surface area (Å²) in [4.78, 5) is 41.9. The van der Waals surface area contributed by atoms with Crippen molar-refractivity contribution in [1.29, 1.82) is 0 Å². The number of carbonyl (C=O) groups is 3. The van der Waals surface area contributed by atoms with Gasteiger partial charge in [-0.2, -0.15) is 0 Å². The summed E-state index contributed by atoms with van der Waals surface area (Å²) in [5.41, 5.74) is 2.60. The average Bonchev–Trinajstić information content (AvgIpc) is 2.90. The van der Waals surface area contributed by atoms with E-state index in [1.165, 1.54) is 0 Å². The molecule has 0 spiro atoms. The number of carbonyl (C=O) groups excluding carboxylic acids is 3. The number of benzene rings is 2. The van der Waals surface area contributed by atoms with Gasteiger partial charge in [0.2, 0.25) is 5.91 Å². The summed E-state index contributed by atoms with van der Waals surface area (Å²) >= 11 is 0. The molecule has 8 nitrogen and oxygen atoms in total. The fraction of sp³-hybridized carbons (Fsp3) is 0.259. The molecule has 0 aliphatic carbocycles. The molecule has 0 fully saturated rings. The highest BCUT2D eigenvalue weighted by molar-refractivity contribution is 5.92. The molecule has 1 heterocycles. The quantitative estimate of drug-likeness (QED) is 0.371. The summed E-state index contributed by atoms with van der Waals surface area (Å²) in [6.45, 7) is -0.665. The van der Waals surface area contributed by atoms with E-state index in [1.807, 2.05) is 60.7 Å². The van der Waals surface area contributed by atoms with Gasteiger partial charge in [-0.05, 0) is 41.7 Å². The Balaban J connectivity index is 1.67. The van der Waals surface area contributed by atoms with Gasteiger partial charge in [0, 0.05) is 18.8 Å². The fourth-order valence-electron chi connectivity index (χ4n) is 3.52. The van der Waals surface area contributed by atoms with Crippen molar-refractivity contribution >= 4 is 17.8 Å². The van der Waals surface area contributed by atoms with Gasteiger partial charge in [0.25, 0.3) is 0 Å². The second-order valence-electron chi connectivity index (χ2n) is 8.03. The number of nitrogens with one attached hydrogen (secondary N) is 2. The van der Waals surface area contributed by atoms with Gasteiger partial charge in [-0.15, -0.1) is 0 Å². The van der Waals surface area contributed by atoms with Crippen LogP contribution in [-0.2, 0) is 33.8 Å². The average molecular weight is 476 g/mol. The van der Waals surface area contributed by atoms with Crippen molar-refractivity contribution in [3.63, 3.8) is 0 Å². The Hall–Kier alpha value is -4.04. The smallest absolute Gasteiger partial charge is 0.408 e.